The summed E-state index contributed by atoms with van der Waals surface area (Å²) in [5.41, 5.74) is 2.72. The Morgan fingerprint density at radius 1 is 1.00 bits per heavy atom. The van der Waals surface area contributed by atoms with Crippen LogP contribution in [-0.2, 0) is 13.0 Å². The van der Waals surface area contributed by atoms with Crippen molar-refractivity contribution in [3.63, 3.8) is 0 Å². The number of para-hydroxylation sites is 1. The van der Waals surface area contributed by atoms with E-state index in [1.54, 1.807) is 7.11 Å². The molecule has 146 valence electrons. The first-order valence-electron chi connectivity index (χ1n) is 10.5. The molecule has 1 aliphatic heterocycles. The lowest BCUT2D eigenvalue weighted by molar-refractivity contribution is 0.186. The number of rotatable bonds is 10. The maximum atomic E-state index is 5.46. The number of likely N-dealkylation sites (tertiary alicyclic amines) is 1. The lowest BCUT2D eigenvalue weighted by Crippen LogP contribution is -2.45. The van der Waals surface area contributed by atoms with Crippen molar-refractivity contribution in [2.45, 2.75) is 51.1 Å². The number of aryl methyl sites for hydroxylation is 1. The number of ether oxygens (including phenoxy) is 1. The standard InChI is InChI=1S/C24H34N2O/c1-27-24-16-8-7-14-22(24)19-25-23-15-10-18-26(20-23)17-9-3-6-13-21-11-4-2-5-12-21/h2,4-5,7-8,11-12,14,16,23,25H,3,6,9-10,13,15,17-20H2,1H3. The molecule has 0 bridgehead atoms. The number of piperidine rings is 1. The number of hydrogen-bond donors (Lipinski definition) is 1. The highest BCUT2D eigenvalue weighted by molar-refractivity contribution is 5.33. The molecule has 1 saturated heterocycles. The first kappa shape index (κ1) is 19.9. The summed E-state index contributed by atoms with van der Waals surface area (Å²) in [5.74, 6) is 0.982. The maximum absolute atomic E-state index is 5.46. The van der Waals surface area contributed by atoms with Gasteiger partial charge < -0.3 is 15.0 Å². The molecule has 27 heavy (non-hydrogen) atoms. The third kappa shape index (κ3) is 6.67. The highest BCUT2D eigenvalue weighted by Gasteiger charge is 2.19. The van der Waals surface area contributed by atoms with Gasteiger partial charge in [0, 0.05) is 24.7 Å². The van der Waals surface area contributed by atoms with E-state index >= 15 is 0 Å². The first-order valence-corrected chi connectivity index (χ1v) is 10.5. The van der Waals surface area contributed by atoms with Crippen LogP contribution >= 0.6 is 0 Å². The second-order valence-corrected chi connectivity index (χ2v) is 7.63. The van der Waals surface area contributed by atoms with Crippen LogP contribution in [0.4, 0.5) is 0 Å². The Balaban J connectivity index is 1.33. The van der Waals surface area contributed by atoms with Crippen LogP contribution in [-0.4, -0.2) is 37.7 Å². The minimum atomic E-state index is 0.591. The van der Waals surface area contributed by atoms with Gasteiger partial charge in [0.15, 0.2) is 0 Å². The van der Waals surface area contributed by atoms with Crippen LogP contribution in [0, 0.1) is 0 Å². The minimum Gasteiger partial charge on any atom is -0.496 e. The molecule has 0 radical (unpaired) electrons. The van der Waals surface area contributed by atoms with E-state index in [2.05, 4.69) is 52.7 Å². The fourth-order valence-electron chi connectivity index (χ4n) is 4.01. The van der Waals surface area contributed by atoms with Gasteiger partial charge in [0.05, 0.1) is 7.11 Å². The second kappa shape index (κ2) is 11.1. The van der Waals surface area contributed by atoms with Crippen LogP contribution in [0.25, 0.3) is 0 Å². The van der Waals surface area contributed by atoms with E-state index in [-0.39, 0.29) is 0 Å². The molecule has 0 spiro atoms. The predicted octanol–water partition coefficient (Wildman–Crippen LogP) is 4.66. The Kier molecular flexibility index (Phi) is 8.19. The molecule has 2 aromatic carbocycles. The van der Waals surface area contributed by atoms with Gasteiger partial charge in [0.1, 0.15) is 5.75 Å². The smallest absolute Gasteiger partial charge is 0.123 e. The van der Waals surface area contributed by atoms with Crippen LogP contribution < -0.4 is 10.1 Å². The molecule has 3 heteroatoms. The average Bonchev–Trinajstić information content (AvgIpc) is 2.73. The van der Waals surface area contributed by atoms with Gasteiger partial charge in [-0.3, -0.25) is 0 Å². The zero-order valence-corrected chi connectivity index (χ0v) is 16.7. The van der Waals surface area contributed by atoms with Crippen molar-refractivity contribution >= 4 is 0 Å². The molecule has 1 atom stereocenters. The second-order valence-electron chi connectivity index (χ2n) is 7.63. The van der Waals surface area contributed by atoms with Crippen molar-refractivity contribution in [3.8, 4) is 5.75 Å². The van der Waals surface area contributed by atoms with Crippen LogP contribution in [0.3, 0.4) is 0 Å². The van der Waals surface area contributed by atoms with E-state index in [4.69, 9.17) is 4.74 Å². The Bertz CT molecular complexity index is 658. The number of nitrogens with one attached hydrogen (secondary N) is 1. The molecule has 1 heterocycles. The van der Waals surface area contributed by atoms with Gasteiger partial charge in [0.25, 0.3) is 0 Å². The van der Waals surface area contributed by atoms with Crippen LogP contribution in [0.5, 0.6) is 5.75 Å². The highest BCUT2D eigenvalue weighted by Crippen LogP contribution is 2.18. The number of nitrogens with zero attached hydrogens (tertiary/aromatic N) is 1. The van der Waals surface area contributed by atoms with E-state index in [1.165, 1.54) is 69.3 Å². The number of benzene rings is 2. The summed E-state index contributed by atoms with van der Waals surface area (Å²) in [4.78, 5) is 2.64. The molecule has 1 unspecified atom stereocenters. The molecule has 1 N–H and O–H groups in total. The van der Waals surface area contributed by atoms with Crippen LogP contribution in [0.2, 0.25) is 0 Å². The van der Waals surface area contributed by atoms with E-state index in [0.717, 1.165) is 12.3 Å². The molecule has 0 aliphatic carbocycles. The molecule has 0 amide bonds. The summed E-state index contributed by atoms with van der Waals surface area (Å²) in [6, 6.07) is 19.8. The van der Waals surface area contributed by atoms with Crippen LogP contribution in [0.1, 0.15) is 43.2 Å². The van der Waals surface area contributed by atoms with Crippen molar-refractivity contribution in [3.05, 3.63) is 65.7 Å². The monoisotopic (exact) mass is 366 g/mol. The van der Waals surface area contributed by atoms with Crippen molar-refractivity contribution in [2.75, 3.05) is 26.7 Å². The number of methoxy groups -OCH3 is 1. The molecule has 1 fully saturated rings. The van der Waals surface area contributed by atoms with Crippen molar-refractivity contribution < 1.29 is 4.74 Å². The van der Waals surface area contributed by atoms with E-state index in [1.807, 2.05) is 12.1 Å². The van der Waals surface area contributed by atoms with Gasteiger partial charge in [0.2, 0.25) is 0 Å². The molecular weight excluding hydrogens is 332 g/mol. The van der Waals surface area contributed by atoms with Gasteiger partial charge in [-0.05, 0) is 56.8 Å². The fourth-order valence-corrected chi connectivity index (χ4v) is 4.01. The largest absolute Gasteiger partial charge is 0.496 e. The fraction of sp³-hybridized carbons (Fsp3) is 0.500. The molecule has 1 aliphatic rings. The molecule has 0 saturated carbocycles. The van der Waals surface area contributed by atoms with E-state index in [9.17, 15) is 0 Å². The molecular formula is C24H34N2O. The van der Waals surface area contributed by atoms with Gasteiger partial charge in [-0.2, -0.15) is 0 Å². The molecule has 2 aromatic rings. The lowest BCUT2D eigenvalue weighted by atomic mass is 10.0. The minimum absolute atomic E-state index is 0.591. The Hall–Kier alpha value is -1.84. The molecule has 3 rings (SSSR count). The Morgan fingerprint density at radius 2 is 1.81 bits per heavy atom. The maximum Gasteiger partial charge on any atom is 0.123 e. The summed E-state index contributed by atoms with van der Waals surface area (Å²) < 4.78 is 5.46. The SMILES string of the molecule is COc1ccccc1CNC1CCCN(CCCCCc2ccccc2)C1. The van der Waals surface area contributed by atoms with E-state index in [0.29, 0.717) is 6.04 Å². The van der Waals surface area contributed by atoms with Gasteiger partial charge in [-0.15, -0.1) is 0 Å². The van der Waals surface area contributed by atoms with Gasteiger partial charge in [-0.1, -0.05) is 55.0 Å². The van der Waals surface area contributed by atoms with Crippen molar-refractivity contribution in [1.29, 1.82) is 0 Å². The zero-order chi connectivity index (χ0) is 18.7. The zero-order valence-electron chi connectivity index (χ0n) is 16.7. The quantitative estimate of drug-likeness (QED) is 0.619. The third-order valence-electron chi connectivity index (χ3n) is 5.56. The summed E-state index contributed by atoms with van der Waals surface area (Å²) in [7, 11) is 1.75. The normalized spacial score (nSPS) is 17.7. The number of unbranched alkanes of at least 4 members (excludes halogenated alkanes) is 2. The van der Waals surface area contributed by atoms with E-state index < -0.39 is 0 Å². The number of hydrogen-bond acceptors (Lipinski definition) is 3. The third-order valence-corrected chi connectivity index (χ3v) is 5.56. The Morgan fingerprint density at radius 3 is 2.67 bits per heavy atom. The van der Waals surface area contributed by atoms with Crippen molar-refractivity contribution in [2.24, 2.45) is 0 Å². The predicted molar refractivity (Wildman–Crippen MR) is 113 cm³/mol. The van der Waals surface area contributed by atoms with Crippen molar-refractivity contribution in [1.82, 2.24) is 10.2 Å². The summed E-state index contributed by atoms with van der Waals surface area (Å²) >= 11 is 0. The van der Waals surface area contributed by atoms with Crippen LogP contribution in [0.15, 0.2) is 54.6 Å². The summed E-state index contributed by atoms with van der Waals surface area (Å²) in [5, 5.41) is 3.74. The van der Waals surface area contributed by atoms with Gasteiger partial charge >= 0.3 is 0 Å². The molecule has 3 nitrogen and oxygen atoms in total. The van der Waals surface area contributed by atoms with Gasteiger partial charge in [-0.25, -0.2) is 0 Å². The average molecular weight is 367 g/mol. The lowest BCUT2D eigenvalue weighted by Gasteiger charge is -2.33. The highest BCUT2D eigenvalue weighted by atomic mass is 16.5. The Labute approximate surface area is 164 Å². The summed E-state index contributed by atoms with van der Waals surface area (Å²) in [6.45, 7) is 4.56. The molecule has 0 aromatic heterocycles. The summed E-state index contributed by atoms with van der Waals surface area (Å²) in [6.07, 6.45) is 7.72. The first-order chi connectivity index (χ1) is 13.3. The topological polar surface area (TPSA) is 24.5 Å².